The van der Waals surface area contributed by atoms with E-state index >= 15 is 0 Å². The Hall–Kier alpha value is -0.800. The zero-order valence-electron chi connectivity index (χ0n) is 5.17. The van der Waals surface area contributed by atoms with Crippen molar-refractivity contribution in [2.45, 2.75) is 6.61 Å². The Balaban J connectivity index is 3.14. The molecule has 0 saturated heterocycles. The highest BCUT2D eigenvalue weighted by Crippen LogP contribution is 2.20. The summed E-state index contributed by atoms with van der Waals surface area (Å²) in [5.41, 5.74) is 5.81. The second-order valence-electron chi connectivity index (χ2n) is 1.81. The molecule has 0 aromatic carbocycles. The van der Waals surface area contributed by atoms with Gasteiger partial charge in [-0.2, -0.15) is 0 Å². The number of halogens is 1. The molecule has 0 aliphatic carbocycles. The van der Waals surface area contributed by atoms with Crippen LogP contribution < -0.4 is 5.73 Å². The van der Waals surface area contributed by atoms with Crippen molar-refractivity contribution in [1.82, 2.24) is 4.98 Å². The summed E-state index contributed by atoms with van der Waals surface area (Å²) >= 11 is 5.61. The summed E-state index contributed by atoms with van der Waals surface area (Å²) in [7, 11) is 0. The smallest absolute Gasteiger partial charge is 0.142 e. The van der Waals surface area contributed by atoms with Crippen molar-refractivity contribution in [2.24, 2.45) is 0 Å². The molecule has 1 rings (SSSR count). The van der Waals surface area contributed by atoms with E-state index in [4.69, 9.17) is 17.3 Å². The first kappa shape index (κ1) is 7.31. The van der Waals surface area contributed by atoms with Crippen molar-refractivity contribution in [3.63, 3.8) is 0 Å². The maximum absolute atomic E-state index is 10.3. The Morgan fingerprint density at radius 3 is 2.90 bits per heavy atom. The van der Waals surface area contributed by atoms with Gasteiger partial charge >= 0.3 is 0 Å². The fraction of sp³-hybridized carbons (Fsp3) is 0.167. The fourth-order valence-corrected chi connectivity index (χ4v) is 0.780. The molecule has 3 nitrogen and oxygen atoms in total. The number of pyridine rings is 1. The van der Waals surface area contributed by atoms with E-state index in [1.165, 1.54) is 6.20 Å². The second kappa shape index (κ2) is 2.86. The summed E-state index contributed by atoms with van der Waals surface area (Å²) in [5.74, 6) is 0.218. The first-order valence-electron chi connectivity index (χ1n) is 2.72. The molecule has 4 heteroatoms. The van der Waals surface area contributed by atoms with E-state index in [1.807, 2.05) is 0 Å². The number of hydrogen-bond acceptors (Lipinski definition) is 2. The van der Waals surface area contributed by atoms with Crippen LogP contribution in [0.3, 0.4) is 0 Å². The van der Waals surface area contributed by atoms with E-state index in [2.05, 4.69) is 4.98 Å². The van der Waals surface area contributed by atoms with Gasteiger partial charge in [-0.25, -0.2) is 10.1 Å². The van der Waals surface area contributed by atoms with E-state index in [1.54, 1.807) is 6.07 Å². The lowest BCUT2D eigenvalue weighted by molar-refractivity contribution is 0.177. The van der Waals surface area contributed by atoms with Crippen LogP contribution >= 0.6 is 11.6 Å². The lowest BCUT2D eigenvalue weighted by Crippen LogP contribution is -1.94. The Kier molecular flexibility index (Phi) is 2.09. The number of rotatable bonds is 1. The normalized spacial score (nSPS) is 9.80. The molecule has 1 heterocycles. The quantitative estimate of drug-likeness (QED) is 0.667. The van der Waals surface area contributed by atoms with Crippen molar-refractivity contribution in [1.29, 1.82) is 0 Å². The standard InChI is InChI=1S/C6H6ClN2O/c7-5-4(3-10)1-2-9-6(5)8/h1-2H,3H2,(H2,8,9). The lowest BCUT2D eigenvalue weighted by atomic mass is 10.3. The number of nitrogens with two attached hydrogens (primary N) is 1. The molecular weight excluding hydrogens is 152 g/mol. The van der Waals surface area contributed by atoms with Crippen LogP contribution in [0.1, 0.15) is 5.56 Å². The fourth-order valence-electron chi connectivity index (χ4n) is 0.613. The second-order valence-corrected chi connectivity index (χ2v) is 2.19. The summed E-state index contributed by atoms with van der Waals surface area (Å²) in [4.78, 5) is 3.69. The maximum Gasteiger partial charge on any atom is 0.142 e. The summed E-state index contributed by atoms with van der Waals surface area (Å²) in [6, 6.07) is 1.56. The molecule has 1 radical (unpaired) electrons. The van der Waals surface area contributed by atoms with E-state index in [9.17, 15) is 5.11 Å². The van der Waals surface area contributed by atoms with Gasteiger partial charge in [-0.05, 0) is 6.07 Å². The van der Waals surface area contributed by atoms with Crippen LogP contribution in [0.2, 0.25) is 5.02 Å². The number of nitrogens with zero attached hydrogens (tertiary/aromatic N) is 1. The van der Waals surface area contributed by atoms with Crippen LogP contribution in [0.4, 0.5) is 5.82 Å². The molecule has 2 N–H and O–H groups in total. The van der Waals surface area contributed by atoms with E-state index in [0.717, 1.165) is 0 Å². The SMILES string of the molecule is Nc1nccc(C[O])c1Cl. The molecule has 0 atom stereocenters. The third-order valence-electron chi connectivity index (χ3n) is 1.15. The number of aromatic nitrogens is 1. The Morgan fingerprint density at radius 1 is 1.70 bits per heavy atom. The third-order valence-corrected chi connectivity index (χ3v) is 1.59. The van der Waals surface area contributed by atoms with Crippen LogP contribution in [0.15, 0.2) is 12.3 Å². The van der Waals surface area contributed by atoms with E-state index in [0.29, 0.717) is 5.56 Å². The summed E-state index contributed by atoms with van der Waals surface area (Å²) in [6.07, 6.45) is 1.47. The lowest BCUT2D eigenvalue weighted by Gasteiger charge is -1.99. The highest BCUT2D eigenvalue weighted by Gasteiger charge is 2.02. The topological polar surface area (TPSA) is 58.8 Å². The van der Waals surface area contributed by atoms with Gasteiger partial charge in [0.1, 0.15) is 12.4 Å². The highest BCUT2D eigenvalue weighted by atomic mass is 35.5. The van der Waals surface area contributed by atoms with Crippen LogP contribution in [-0.2, 0) is 11.7 Å². The molecule has 0 unspecified atom stereocenters. The van der Waals surface area contributed by atoms with Gasteiger partial charge in [0.2, 0.25) is 0 Å². The molecule has 53 valence electrons. The number of nitrogen functional groups attached to an aromatic ring is 1. The minimum atomic E-state index is -0.356. The molecule has 0 amide bonds. The van der Waals surface area contributed by atoms with Crippen molar-refractivity contribution in [3.8, 4) is 0 Å². The molecule has 1 aromatic heterocycles. The van der Waals surface area contributed by atoms with Crippen LogP contribution in [0.25, 0.3) is 0 Å². The van der Waals surface area contributed by atoms with Crippen LogP contribution in [-0.4, -0.2) is 4.98 Å². The van der Waals surface area contributed by atoms with Gasteiger partial charge < -0.3 is 5.73 Å². The highest BCUT2D eigenvalue weighted by molar-refractivity contribution is 6.33. The molecule has 0 bridgehead atoms. The number of hydrogen-bond donors (Lipinski definition) is 1. The first-order valence-corrected chi connectivity index (χ1v) is 3.10. The monoisotopic (exact) mass is 157 g/mol. The molecule has 0 fully saturated rings. The molecule has 0 aliphatic heterocycles. The van der Waals surface area contributed by atoms with Gasteiger partial charge in [0, 0.05) is 11.8 Å². The Bertz CT molecular complexity index is 239. The van der Waals surface area contributed by atoms with Gasteiger partial charge in [-0.3, -0.25) is 0 Å². The average molecular weight is 158 g/mol. The van der Waals surface area contributed by atoms with Gasteiger partial charge in [0.15, 0.2) is 0 Å². The Labute approximate surface area is 63.5 Å². The molecule has 0 aliphatic rings. The van der Waals surface area contributed by atoms with Gasteiger partial charge in [0.05, 0.1) is 5.02 Å². The molecule has 0 saturated carbocycles. The predicted octanol–water partition coefficient (Wildman–Crippen LogP) is 1.25. The molecule has 1 aromatic rings. The van der Waals surface area contributed by atoms with Gasteiger partial charge in [-0.1, -0.05) is 11.6 Å². The van der Waals surface area contributed by atoms with Gasteiger partial charge in [-0.15, -0.1) is 0 Å². The van der Waals surface area contributed by atoms with Crippen molar-refractivity contribution in [2.75, 3.05) is 5.73 Å². The molecule has 0 spiro atoms. The summed E-state index contributed by atoms with van der Waals surface area (Å²) in [5, 5.41) is 10.6. The van der Waals surface area contributed by atoms with E-state index < -0.39 is 0 Å². The van der Waals surface area contributed by atoms with Crippen LogP contribution in [0.5, 0.6) is 0 Å². The van der Waals surface area contributed by atoms with E-state index in [-0.39, 0.29) is 17.4 Å². The summed E-state index contributed by atoms with van der Waals surface area (Å²) < 4.78 is 0. The first-order chi connectivity index (χ1) is 4.75. The largest absolute Gasteiger partial charge is 0.382 e. The third kappa shape index (κ3) is 1.20. The zero-order chi connectivity index (χ0) is 7.56. The van der Waals surface area contributed by atoms with Crippen molar-refractivity contribution in [3.05, 3.63) is 22.8 Å². The van der Waals surface area contributed by atoms with Crippen molar-refractivity contribution < 1.29 is 5.11 Å². The molecule has 10 heavy (non-hydrogen) atoms. The Morgan fingerprint density at radius 2 is 2.40 bits per heavy atom. The van der Waals surface area contributed by atoms with Crippen molar-refractivity contribution >= 4 is 17.4 Å². The predicted molar refractivity (Wildman–Crippen MR) is 38.0 cm³/mol. The maximum atomic E-state index is 10.3. The average Bonchev–Trinajstić information content (AvgIpc) is 1.95. The minimum absolute atomic E-state index is 0.218. The number of anilines is 1. The minimum Gasteiger partial charge on any atom is -0.382 e. The van der Waals surface area contributed by atoms with Gasteiger partial charge in [0.25, 0.3) is 0 Å². The molecular formula is C6H6ClN2O. The van der Waals surface area contributed by atoms with Crippen LogP contribution in [0, 0.1) is 0 Å². The summed E-state index contributed by atoms with van der Waals surface area (Å²) in [6.45, 7) is -0.356. The zero-order valence-corrected chi connectivity index (χ0v) is 5.93.